The van der Waals surface area contributed by atoms with Gasteiger partial charge in [-0.15, -0.1) is 0 Å². The Kier molecular flexibility index (Phi) is 6.53. The minimum absolute atomic E-state index is 0.0732. The molecule has 0 bridgehead atoms. The van der Waals surface area contributed by atoms with E-state index in [1.54, 1.807) is 18.2 Å². The van der Waals surface area contributed by atoms with E-state index in [1.807, 2.05) is 0 Å². The summed E-state index contributed by atoms with van der Waals surface area (Å²) < 4.78 is 86.6. The number of piperidine rings is 1. The Morgan fingerprint density at radius 2 is 1.69 bits per heavy atom. The van der Waals surface area contributed by atoms with Gasteiger partial charge in [-0.05, 0) is 42.1 Å². The summed E-state index contributed by atoms with van der Waals surface area (Å²) in [6.45, 7) is 0.250. The van der Waals surface area contributed by atoms with Gasteiger partial charge >= 0.3 is 12.4 Å². The van der Waals surface area contributed by atoms with Gasteiger partial charge < -0.3 is 10.1 Å². The molecule has 1 aliphatic heterocycles. The maximum absolute atomic E-state index is 13.6. The molecule has 0 radical (unpaired) electrons. The summed E-state index contributed by atoms with van der Waals surface area (Å²) in [6.07, 6.45) is -10.3. The van der Waals surface area contributed by atoms with Crippen LogP contribution in [0.15, 0.2) is 48.5 Å². The molecular weight excluding hydrogens is 396 g/mol. The summed E-state index contributed by atoms with van der Waals surface area (Å²) in [5, 5.41) is 2.92. The fourth-order valence-corrected chi connectivity index (χ4v) is 3.72. The Labute approximate surface area is 164 Å². The van der Waals surface area contributed by atoms with Gasteiger partial charge in [0.2, 0.25) is 0 Å². The van der Waals surface area contributed by atoms with Crippen molar-refractivity contribution < 1.29 is 31.1 Å². The van der Waals surface area contributed by atoms with Crippen LogP contribution < -0.4 is 5.32 Å². The number of halogens is 6. The van der Waals surface area contributed by atoms with Crippen LogP contribution in [0.25, 0.3) is 11.1 Å². The monoisotopic (exact) mass is 417 g/mol. The quantitative estimate of drug-likeness (QED) is 0.619. The normalized spacial score (nSPS) is 19.2. The lowest BCUT2D eigenvalue weighted by Gasteiger charge is -2.32. The van der Waals surface area contributed by atoms with Crippen molar-refractivity contribution in [2.24, 2.45) is 5.92 Å². The van der Waals surface area contributed by atoms with E-state index >= 15 is 0 Å². The van der Waals surface area contributed by atoms with Crippen molar-refractivity contribution in [3.8, 4) is 11.1 Å². The first kappa shape index (κ1) is 21.6. The zero-order valence-corrected chi connectivity index (χ0v) is 15.5. The maximum atomic E-state index is 13.6. The number of ether oxygens (including phenoxy) is 1. The third-order valence-electron chi connectivity index (χ3n) is 5.02. The molecule has 1 heterocycles. The third-order valence-corrected chi connectivity index (χ3v) is 5.02. The molecule has 1 saturated heterocycles. The lowest BCUT2D eigenvalue weighted by atomic mass is 9.92. The van der Waals surface area contributed by atoms with E-state index in [0.717, 1.165) is 6.07 Å². The average molecular weight is 417 g/mol. The highest BCUT2D eigenvalue weighted by molar-refractivity contribution is 5.71. The number of hydrogen-bond donors (Lipinski definition) is 1. The van der Waals surface area contributed by atoms with E-state index in [-0.39, 0.29) is 23.2 Å². The summed E-state index contributed by atoms with van der Waals surface area (Å²) in [4.78, 5) is 0. The first-order valence-corrected chi connectivity index (χ1v) is 9.31. The molecule has 158 valence electrons. The van der Waals surface area contributed by atoms with Gasteiger partial charge in [0, 0.05) is 12.5 Å². The summed E-state index contributed by atoms with van der Waals surface area (Å²) in [7, 11) is 0. The molecule has 0 spiro atoms. The highest BCUT2D eigenvalue weighted by Gasteiger charge is 2.46. The summed E-state index contributed by atoms with van der Waals surface area (Å²) in [5.41, 5.74) is -0.693. The van der Waals surface area contributed by atoms with Crippen LogP contribution in [0.2, 0.25) is 0 Å². The molecule has 0 amide bonds. The first-order chi connectivity index (χ1) is 13.7. The second kappa shape index (κ2) is 8.75. The molecule has 0 saturated carbocycles. The average Bonchev–Trinajstić information content (AvgIpc) is 2.68. The topological polar surface area (TPSA) is 21.3 Å². The maximum Gasteiger partial charge on any atom is 0.417 e. The van der Waals surface area contributed by atoms with Crippen molar-refractivity contribution in [2.45, 2.75) is 37.9 Å². The van der Waals surface area contributed by atoms with Crippen molar-refractivity contribution in [2.75, 3.05) is 13.1 Å². The highest BCUT2D eigenvalue weighted by atomic mass is 19.4. The number of hydrogen-bond acceptors (Lipinski definition) is 2. The van der Waals surface area contributed by atoms with E-state index in [9.17, 15) is 26.3 Å². The van der Waals surface area contributed by atoms with Gasteiger partial charge in [0.15, 0.2) is 6.10 Å². The molecule has 2 unspecified atom stereocenters. The fourth-order valence-electron chi connectivity index (χ4n) is 3.72. The summed E-state index contributed by atoms with van der Waals surface area (Å²) >= 11 is 0. The van der Waals surface area contributed by atoms with E-state index in [4.69, 9.17) is 4.74 Å². The Bertz CT molecular complexity index is 797. The van der Waals surface area contributed by atoms with Crippen molar-refractivity contribution >= 4 is 0 Å². The second-order valence-corrected chi connectivity index (χ2v) is 7.08. The zero-order chi connectivity index (χ0) is 21.1. The highest BCUT2D eigenvalue weighted by Crippen LogP contribution is 2.40. The second-order valence-electron chi connectivity index (χ2n) is 7.08. The van der Waals surface area contributed by atoms with E-state index in [1.165, 1.54) is 24.3 Å². The molecule has 2 aromatic carbocycles. The SMILES string of the molecule is FC(F)(F)c1cccc(COC(C2CCCNC2)C(F)(F)F)c1-c1ccccc1. The van der Waals surface area contributed by atoms with Crippen molar-refractivity contribution in [3.05, 3.63) is 59.7 Å². The minimum atomic E-state index is -4.64. The molecule has 1 aliphatic rings. The first-order valence-electron chi connectivity index (χ1n) is 9.31. The Morgan fingerprint density at radius 3 is 2.28 bits per heavy atom. The standard InChI is InChI=1S/C21H21F6NO/c22-20(23,24)17-10-4-8-16(18(17)14-6-2-1-3-7-14)13-29-19(21(25,26)27)15-9-5-11-28-12-15/h1-4,6-8,10,15,19,28H,5,9,11-13H2. The smallest absolute Gasteiger partial charge is 0.364 e. The van der Waals surface area contributed by atoms with E-state index in [0.29, 0.717) is 19.4 Å². The zero-order valence-electron chi connectivity index (χ0n) is 15.5. The Morgan fingerprint density at radius 1 is 0.966 bits per heavy atom. The van der Waals surface area contributed by atoms with Gasteiger partial charge in [-0.1, -0.05) is 42.5 Å². The molecule has 29 heavy (non-hydrogen) atoms. The molecule has 2 nitrogen and oxygen atoms in total. The predicted octanol–water partition coefficient (Wildman–Crippen LogP) is 5.82. The third kappa shape index (κ3) is 5.30. The number of alkyl halides is 6. The molecular formula is C21H21F6NO. The van der Waals surface area contributed by atoms with Gasteiger partial charge in [-0.2, -0.15) is 26.3 Å². The number of nitrogens with one attached hydrogen (secondary N) is 1. The summed E-state index contributed by atoms with van der Waals surface area (Å²) in [6, 6.07) is 11.3. The van der Waals surface area contributed by atoms with Gasteiger partial charge in [0.05, 0.1) is 12.2 Å². The van der Waals surface area contributed by atoms with Gasteiger partial charge in [0.1, 0.15) is 0 Å². The molecule has 2 atom stereocenters. The molecule has 3 rings (SSSR count). The van der Waals surface area contributed by atoms with Crippen LogP contribution >= 0.6 is 0 Å². The van der Waals surface area contributed by atoms with Crippen LogP contribution in [0.1, 0.15) is 24.0 Å². The Hall–Kier alpha value is -2.06. The van der Waals surface area contributed by atoms with E-state index < -0.39 is 36.5 Å². The van der Waals surface area contributed by atoms with Gasteiger partial charge in [-0.3, -0.25) is 0 Å². The molecule has 2 aromatic rings. The molecule has 0 aliphatic carbocycles. The van der Waals surface area contributed by atoms with Crippen molar-refractivity contribution in [3.63, 3.8) is 0 Å². The molecule has 1 N–H and O–H groups in total. The van der Waals surface area contributed by atoms with Crippen LogP contribution in [0.3, 0.4) is 0 Å². The van der Waals surface area contributed by atoms with Gasteiger partial charge in [-0.25, -0.2) is 0 Å². The predicted molar refractivity (Wildman–Crippen MR) is 97.1 cm³/mol. The lowest BCUT2D eigenvalue weighted by molar-refractivity contribution is -0.241. The lowest BCUT2D eigenvalue weighted by Crippen LogP contribution is -2.45. The molecule has 0 aromatic heterocycles. The minimum Gasteiger partial charge on any atom is -0.364 e. The van der Waals surface area contributed by atoms with Crippen LogP contribution in [0.5, 0.6) is 0 Å². The van der Waals surface area contributed by atoms with Crippen molar-refractivity contribution in [1.82, 2.24) is 5.32 Å². The number of benzene rings is 2. The molecule has 8 heteroatoms. The van der Waals surface area contributed by atoms with Crippen LogP contribution in [-0.2, 0) is 17.5 Å². The molecule has 1 fully saturated rings. The fraction of sp³-hybridized carbons (Fsp3) is 0.429. The van der Waals surface area contributed by atoms with Crippen molar-refractivity contribution in [1.29, 1.82) is 0 Å². The summed E-state index contributed by atoms with van der Waals surface area (Å²) in [5.74, 6) is -0.769. The van der Waals surface area contributed by atoms with Crippen LogP contribution in [0, 0.1) is 5.92 Å². The van der Waals surface area contributed by atoms with Crippen LogP contribution in [0.4, 0.5) is 26.3 Å². The largest absolute Gasteiger partial charge is 0.417 e. The van der Waals surface area contributed by atoms with Crippen LogP contribution in [-0.4, -0.2) is 25.4 Å². The van der Waals surface area contributed by atoms with E-state index in [2.05, 4.69) is 5.32 Å². The Balaban J connectivity index is 1.94. The number of rotatable bonds is 5. The van der Waals surface area contributed by atoms with Gasteiger partial charge in [0.25, 0.3) is 0 Å².